The van der Waals surface area contributed by atoms with Crippen LogP contribution in [0.4, 0.5) is 0 Å². The molecule has 1 aliphatic heterocycles. The van der Waals surface area contributed by atoms with E-state index in [1.165, 1.54) is 5.56 Å². The Balaban J connectivity index is 1.83. The number of pyridine rings is 1. The van der Waals surface area contributed by atoms with Gasteiger partial charge >= 0.3 is 0 Å². The van der Waals surface area contributed by atoms with Gasteiger partial charge in [0, 0.05) is 36.5 Å². The molecular weight excluding hydrogens is 362 g/mol. The zero-order valence-electron chi connectivity index (χ0n) is 17.8. The van der Waals surface area contributed by atoms with Gasteiger partial charge in [-0.2, -0.15) is 0 Å². The van der Waals surface area contributed by atoms with Crippen LogP contribution in [0, 0.1) is 12.3 Å². The van der Waals surface area contributed by atoms with Crippen molar-refractivity contribution in [2.45, 2.75) is 39.2 Å². The number of hydrogen-bond donors (Lipinski definition) is 1. The van der Waals surface area contributed by atoms with Crippen molar-refractivity contribution < 1.29 is 9.52 Å². The Morgan fingerprint density at radius 1 is 1.14 bits per heavy atom. The minimum absolute atomic E-state index is 0.325. The Morgan fingerprint density at radius 2 is 1.83 bits per heavy atom. The Bertz CT molecular complexity index is 1000. The van der Waals surface area contributed by atoms with E-state index in [9.17, 15) is 5.11 Å². The lowest BCUT2D eigenvalue weighted by Gasteiger charge is -2.55. The normalized spacial score (nSPS) is 18.4. The minimum Gasteiger partial charge on any atom is -0.444 e. The molecule has 1 fully saturated rings. The van der Waals surface area contributed by atoms with Crippen LogP contribution >= 0.6 is 0 Å². The van der Waals surface area contributed by atoms with Crippen molar-refractivity contribution in [3.05, 3.63) is 71.4 Å². The zero-order valence-corrected chi connectivity index (χ0v) is 17.8. The van der Waals surface area contributed by atoms with Gasteiger partial charge in [-0.15, -0.1) is 0 Å². The standard InChI is InChI=1S/C24H29N3O2/c1-16(2)18-6-8-20(9-7-18)24(28,23(4)14-27(5)15-23)21-10-19(11-25-12-21)22-26-17(3)13-29-22/h6-13,16,28H,14-15H2,1-5H3/t24-/m0/s1. The van der Waals surface area contributed by atoms with Gasteiger partial charge in [0.2, 0.25) is 5.89 Å². The van der Waals surface area contributed by atoms with Crippen LogP contribution in [0.1, 0.15) is 49.1 Å². The van der Waals surface area contributed by atoms with E-state index in [0.29, 0.717) is 11.8 Å². The molecule has 0 spiro atoms. The number of aryl methyl sites for hydroxylation is 1. The molecule has 0 saturated carbocycles. The molecule has 0 aliphatic carbocycles. The van der Waals surface area contributed by atoms with Crippen molar-refractivity contribution in [1.29, 1.82) is 0 Å². The summed E-state index contributed by atoms with van der Waals surface area (Å²) in [6, 6.07) is 10.3. The minimum atomic E-state index is -1.17. The van der Waals surface area contributed by atoms with E-state index < -0.39 is 5.60 Å². The van der Waals surface area contributed by atoms with Crippen LogP contribution in [-0.2, 0) is 5.60 Å². The lowest BCUT2D eigenvalue weighted by Crippen LogP contribution is -2.63. The van der Waals surface area contributed by atoms with E-state index in [1.54, 1.807) is 18.7 Å². The summed E-state index contributed by atoms with van der Waals surface area (Å²) in [7, 11) is 2.08. The summed E-state index contributed by atoms with van der Waals surface area (Å²) in [4.78, 5) is 11.1. The molecule has 1 aromatic carbocycles. The summed E-state index contributed by atoms with van der Waals surface area (Å²) in [5.41, 5.74) is 3.00. The first-order valence-electron chi connectivity index (χ1n) is 10.1. The maximum Gasteiger partial charge on any atom is 0.227 e. The highest BCUT2D eigenvalue weighted by atomic mass is 16.3. The summed E-state index contributed by atoms with van der Waals surface area (Å²) in [5, 5.41) is 12.2. The smallest absolute Gasteiger partial charge is 0.227 e. The van der Waals surface area contributed by atoms with Crippen molar-refractivity contribution in [3.63, 3.8) is 0 Å². The number of rotatable bonds is 5. The molecule has 2 aromatic heterocycles. The molecule has 152 valence electrons. The van der Waals surface area contributed by atoms with Gasteiger partial charge in [-0.1, -0.05) is 45.0 Å². The number of aliphatic hydroxyl groups is 1. The Kier molecular flexibility index (Phi) is 4.83. The van der Waals surface area contributed by atoms with Crippen LogP contribution < -0.4 is 0 Å². The summed E-state index contributed by atoms with van der Waals surface area (Å²) < 4.78 is 5.57. The summed E-state index contributed by atoms with van der Waals surface area (Å²) in [6.07, 6.45) is 5.12. The zero-order chi connectivity index (χ0) is 20.8. The number of benzene rings is 1. The first kappa shape index (κ1) is 19.8. The van der Waals surface area contributed by atoms with Gasteiger partial charge in [-0.3, -0.25) is 4.98 Å². The number of oxazole rings is 1. The van der Waals surface area contributed by atoms with Crippen molar-refractivity contribution in [2.75, 3.05) is 20.1 Å². The molecule has 0 amide bonds. The first-order valence-corrected chi connectivity index (χ1v) is 10.1. The second-order valence-electron chi connectivity index (χ2n) is 8.98. The van der Waals surface area contributed by atoms with E-state index in [4.69, 9.17) is 4.42 Å². The van der Waals surface area contributed by atoms with E-state index in [-0.39, 0.29) is 5.41 Å². The van der Waals surface area contributed by atoms with Gasteiger partial charge in [-0.25, -0.2) is 4.98 Å². The lowest BCUT2D eigenvalue weighted by molar-refractivity contribution is -0.127. The molecule has 5 heteroatoms. The van der Waals surface area contributed by atoms with Gasteiger partial charge < -0.3 is 14.4 Å². The molecule has 4 rings (SSSR count). The van der Waals surface area contributed by atoms with E-state index in [2.05, 4.69) is 67.0 Å². The SMILES string of the molecule is Cc1coc(-c2cncc([C@@](O)(c3ccc(C(C)C)cc3)C3(C)CN(C)C3)c2)n1. The van der Waals surface area contributed by atoms with Crippen molar-refractivity contribution in [2.24, 2.45) is 5.41 Å². The van der Waals surface area contributed by atoms with Crippen LogP contribution in [-0.4, -0.2) is 40.1 Å². The maximum absolute atomic E-state index is 12.2. The highest BCUT2D eigenvalue weighted by molar-refractivity contribution is 5.55. The predicted molar refractivity (Wildman–Crippen MR) is 114 cm³/mol. The average molecular weight is 392 g/mol. The fourth-order valence-electron chi connectivity index (χ4n) is 4.59. The van der Waals surface area contributed by atoms with Crippen LogP contribution in [0.5, 0.6) is 0 Å². The molecule has 1 atom stereocenters. The van der Waals surface area contributed by atoms with Gasteiger partial charge in [0.25, 0.3) is 0 Å². The van der Waals surface area contributed by atoms with E-state index in [1.807, 2.05) is 13.0 Å². The van der Waals surface area contributed by atoms with Crippen LogP contribution in [0.15, 0.2) is 53.4 Å². The third-order valence-electron chi connectivity index (χ3n) is 6.13. The van der Waals surface area contributed by atoms with Crippen LogP contribution in [0.2, 0.25) is 0 Å². The molecule has 0 bridgehead atoms. The maximum atomic E-state index is 12.2. The number of likely N-dealkylation sites (tertiary alicyclic amines) is 1. The molecule has 1 aliphatic rings. The highest BCUT2D eigenvalue weighted by Gasteiger charge is 2.55. The fraction of sp³-hybridized carbons (Fsp3) is 0.417. The average Bonchev–Trinajstić information content (AvgIpc) is 3.13. The Hall–Kier alpha value is -2.50. The Morgan fingerprint density at radius 3 is 2.38 bits per heavy atom. The van der Waals surface area contributed by atoms with Crippen molar-refractivity contribution >= 4 is 0 Å². The third-order valence-corrected chi connectivity index (χ3v) is 6.13. The highest BCUT2D eigenvalue weighted by Crippen LogP contribution is 2.50. The van der Waals surface area contributed by atoms with Crippen LogP contribution in [0.25, 0.3) is 11.5 Å². The van der Waals surface area contributed by atoms with Crippen molar-refractivity contribution in [3.8, 4) is 11.5 Å². The van der Waals surface area contributed by atoms with Gasteiger partial charge in [0.15, 0.2) is 0 Å². The topological polar surface area (TPSA) is 62.4 Å². The van der Waals surface area contributed by atoms with Crippen molar-refractivity contribution in [1.82, 2.24) is 14.9 Å². The molecule has 29 heavy (non-hydrogen) atoms. The third kappa shape index (κ3) is 3.28. The lowest BCUT2D eigenvalue weighted by atomic mass is 9.62. The molecular formula is C24H29N3O2. The first-order chi connectivity index (χ1) is 13.7. The largest absolute Gasteiger partial charge is 0.444 e. The van der Waals surface area contributed by atoms with Gasteiger partial charge in [-0.05, 0) is 37.1 Å². The molecule has 0 unspecified atom stereocenters. The molecule has 3 aromatic rings. The molecule has 0 radical (unpaired) electrons. The van der Waals surface area contributed by atoms with E-state index in [0.717, 1.165) is 35.5 Å². The summed E-state index contributed by atoms with van der Waals surface area (Å²) in [5.74, 6) is 0.964. The molecule has 1 saturated heterocycles. The summed E-state index contributed by atoms with van der Waals surface area (Å²) in [6.45, 7) is 9.99. The number of hydrogen-bond acceptors (Lipinski definition) is 5. The van der Waals surface area contributed by atoms with E-state index >= 15 is 0 Å². The quantitative estimate of drug-likeness (QED) is 0.700. The fourth-order valence-corrected chi connectivity index (χ4v) is 4.59. The number of aromatic nitrogens is 2. The molecule has 5 nitrogen and oxygen atoms in total. The van der Waals surface area contributed by atoms with Crippen LogP contribution in [0.3, 0.4) is 0 Å². The van der Waals surface area contributed by atoms with Gasteiger partial charge in [0.1, 0.15) is 11.9 Å². The molecule has 3 heterocycles. The monoisotopic (exact) mass is 391 g/mol. The predicted octanol–water partition coefficient (Wildman–Crippen LogP) is 4.36. The summed E-state index contributed by atoms with van der Waals surface area (Å²) >= 11 is 0. The second kappa shape index (κ2) is 7.08. The molecule has 1 N–H and O–H groups in total. The second-order valence-corrected chi connectivity index (χ2v) is 8.98. The number of nitrogens with zero attached hydrogens (tertiary/aromatic N) is 3. The van der Waals surface area contributed by atoms with Gasteiger partial charge in [0.05, 0.1) is 11.3 Å². The Labute approximate surface area is 172 Å².